The molecule has 306 valence electrons. The van der Waals surface area contributed by atoms with E-state index in [-0.39, 0.29) is 0 Å². The summed E-state index contributed by atoms with van der Waals surface area (Å²) >= 11 is 12.2. The van der Waals surface area contributed by atoms with Crippen LogP contribution in [0.4, 0.5) is 27.8 Å². The number of methoxy groups -OCH3 is 1. The molecule has 5 aromatic rings. The molecule has 2 saturated heterocycles. The van der Waals surface area contributed by atoms with E-state index in [0.717, 1.165) is 67.2 Å². The lowest BCUT2D eigenvalue weighted by atomic mass is 9.95. The van der Waals surface area contributed by atoms with E-state index in [2.05, 4.69) is 57.7 Å². The lowest BCUT2D eigenvalue weighted by molar-refractivity contribution is 0.138. The summed E-state index contributed by atoms with van der Waals surface area (Å²) in [6.07, 6.45) is 10.5. The fourth-order valence-electron chi connectivity index (χ4n) is 7.73. The topological polar surface area (TPSA) is 120 Å². The fourth-order valence-corrected chi connectivity index (χ4v) is 8.18. The van der Waals surface area contributed by atoms with Crippen molar-refractivity contribution in [1.29, 1.82) is 0 Å². The minimum absolute atomic E-state index is 0.357. The van der Waals surface area contributed by atoms with E-state index >= 15 is 0 Å². The maximum absolute atomic E-state index is 12.7. The highest BCUT2D eigenvalue weighted by Gasteiger charge is 2.24. The zero-order valence-corrected chi connectivity index (χ0v) is 34.6. The molecule has 12 nitrogen and oxygen atoms in total. The van der Waals surface area contributed by atoms with Crippen LogP contribution in [0.15, 0.2) is 85.3 Å². The Hall–Kier alpha value is -4.88. The van der Waals surface area contributed by atoms with Crippen molar-refractivity contribution in [2.24, 2.45) is 5.92 Å². The summed E-state index contributed by atoms with van der Waals surface area (Å²) in [5, 5.41) is 10.7. The van der Waals surface area contributed by atoms with E-state index in [1.807, 2.05) is 48.7 Å². The number of piperazine rings is 1. The van der Waals surface area contributed by atoms with Gasteiger partial charge in [0.2, 0.25) is 0 Å². The number of hydrogen-bond donors (Lipinski definition) is 3. The van der Waals surface area contributed by atoms with Gasteiger partial charge in [-0.1, -0.05) is 54.2 Å². The third kappa shape index (κ3) is 11.6. The molecule has 14 heteroatoms. The number of ether oxygens (including phenoxy) is 2. The Bertz CT molecular complexity index is 2090. The highest BCUT2D eigenvalue weighted by atomic mass is 35.5. The van der Waals surface area contributed by atoms with E-state index in [1.54, 1.807) is 25.3 Å². The van der Waals surface area contributed by atoms with E-state index in [1.165, 1.54) is 58.2 Å². The van der Waals surface area contributed by atoms with Gasteiger partial charge in [0.25, 0.3) is 0 Å². The second-order valence-corrected chi connectivity index (χ2v) is 15.9. The Morgan fingerprint density at radius 2 is 1.66 bits per heavy atom. The monoisotopic (exact) mass is 825 g/mol. The van der Waals surface area contributed by atoms with E-state index in [4.69, 9.17) is 32.7 Å². The standard InChI is InChI=1S/C44H53Cl2N9O3/c1-57-40-28-39-36(43(50-31-49-39)48-29-33-9-8-10-35(25-33)51-44(56)52-38-13-12-34(45)26-37(38)46)27-41(40)58-24-7-3-2-6-17-53-18-14-32(15-19-53)30-54-20-22-55(23-21-54)42-11-4-5-16-47-42/h4-5,8-13,16,25-28,31-32H,2-3,6-7,14-15,17-24,29-30H2,1H3,(H,48,49,50)(H2,51,52,56). The summed E-state index contributed by atoms with van der Waals surface area (Å²) in [5.41, 5.74) is 2.80. The molecule has 0 saturated carbocycles. The number of nitrogens with one attached hydrogen (secondary N) is 3. The number of rotatable bonds is 17. The summed E-state index contributed by atoms with van der Waals surface area (Å²) < 4.78 is 12.0. The predicted molar refractivity (Wildman–Crippen MR) is 235 cm³/mol. The molecule has 2 aliphatic rings. The van der Waals surface area contributed by atoms with Crippen LogP contribution in [0.3, 0.4) is 0 Å². The predicted octanol–water partition coefficient (Wildman–Crippen LogP) is 9.07. The number of fused-ring (bicyclic) bond motifs is 1. The molecule has 7 rings (SSSR count). The van der Waals surface area contributed by atoms with Gasteiger partial charge in [0.05, 0.1) is 29.9 Å². The molecule has 2 aliphatic heterocycles. The largest absolute Gasteiger partial charge is 0.493 e. The molecule has 0 aliphatic carbocycles. The second-order valence-electron chi connectivity index (χ2n) is 15.0. The summed E-state index contributed by atoms with van der Waals surface area (Å²) in [6, 6.07) is 22.1. The fraction of sp³-hybridized carbons (Fsp3) is 0.409. The van der Waals surface area contributed by atoms with Gasteiger partial charge in [-0.05, 0) is 105 Å². The third-order valence-electron chi connectivity index (χ3n) is 10.9. The maximum atomic E-state index is 12.7. The van der Waals surface area contributed by atoms with Crippen LogP contribution in [0.1, 0.15) is 44.1 Å². The average Bonchev–Trinajstić information content (AvgIpc) is 3.24. The van der Waals surface area contributed by atoms with Gasteiger partial charge >= 0.3 is 6.03 Å². The Kier molecular flexibility index (Phi) is 14.7. The van der Waals surface area contributed by atoms with Crippen molar-refractivity contribution in [3.8, 4) is 11.5 Å². The van der Waals surface area contributed by atoms with Crippen LogP contribution in [-0.2, 0) is 6.54 Å². The zero-order chi connectivity index (χ0) is 40.1. The smallest absolute Gasteiger partial charge is 0.323 e. The van der Waals surface area contributed by atoms with Gasteiger partial charge in [0.15, 0.2) is 11.5 Å². The molecule has 58 heavy (non-hydrogen) atoms. The minimum atomic E-state index is -0.414. The van der Waals surface area contributed by atoms with Gasteiger partial charge in [-0.3, -0.25) is 4.90 Å². The van der Waals surface area contributed by atoms with E-state index in [9.17, 15) is 4.79 Å². The number of piperidine rings is 1. The van der Waals surface area contributed by atoms with Crippen molar-refractivity contribution >= 4 is 63.1 Å². The van der Waals surface area contributed by atoms with E-state index in [0.29, 0.717) is 51.9 Å². The first kappa shape index (κ1) is 41.3. The first-order chi connectivity index (χ1) is 28.4. The highest BCUT2D eigenvalue weighted by molar-refractivity contribution is 6.36. The number of anilines is 4. The second kappa shape index (κ2) is 20.7. The number of amides is 2. The molecule has 0 radical (unpaired) electrons. The van der Waals surface area contributed by atoms with Crippen molar-refractivity contribution in [1.82, 2.24) is 24.8 Å². The molecule has 3 aromatic carbocycles. The number of likely N-dealkylation sites (tertiary alicyclic amines) is 1. The Morgan fingerprint density at radius 1 is 0.810 bits per heavy atom. The SMILES string of the molecule is COc1cc2ncnc(NCc3cccc(NC(=O)Nc4ccc(Cl)cc4Cl)c3)c2cc1OCCCCCCN1CCC(CN2CCN(c3ccccn3)CC2)CC1. The maximum Gasteiger partial charge on any atom is 0.323 e. The first-order valence-corrected chi connectivity index (χ1v) is 21.1. The number of halogens is 2. The van der Waals surface area contributed by atoms with Crippen molar-refractivity contribution in [2.75, 3.05) is 86.9 Å². The molecule has 2 aromatic heterocycles. The van der Waals surface area contributed by atoms with Crippen molar-refractivity contribution in [3.63, 3.8) is 0 Å². The number of pyridine rings is 1. The number of aromatic nitrogens is 3. The lowest BCUT2D eigenvalue weighted by Gasteiger charge is -2.39. The summed E-state index contributed by atoms with van der Waals surface area (Å²) in [6.45, 7) is 10.3. The third-order valence-corrected chi connectivity index (χ3v) is 11.5. The lowest BCUT2D eigenvalue weighted by Crippen LogP contribution is -2.49. The number of carbonyl (C=O) groups is 1. The number of carbonyl (C=O) groups excluding carboxylic acids is 1. The summed E-state index contributed by atoms with van der Waals surface area (Å²) in [4.78, 5) is 33.9. The van der Waals surface area contributed by atoms with Gasteiger partial charge < -0.3 is 35.2 Å². The molecule has 0 atom stereocenters. The van der Waals surface area contributed by atoms with Crippen molar-refractivity contribution in [3.05, 3.63) is 101 Å². The molecule has 0 bridgehead atoms. The van der Waals surface area contributed by atoms with Gasteiger partial charge in [0.1, 0.15) is 18.0 Å². The van der Waals surface area contributed by atoms with Crippen LogP contribution >= 0.6 is 23.2 Å². The summed E-state index contributed by atoms with van der Waals surface area (Å²) in [7, 11) is 1.65. The number of urea groups is 1. The van der Waals surface area contributed by atoms with Gasteiger partial charge in [-0.25, -0.2) is 19.7 Å². The van der Waals surface area contributed by atoms with E-state index < -0.39 is 6.03 Å². The number of hydrogen-bond acceptors (Lipinski definition) is 10. The summed E-state index contributed by atoms with van der Waals surface area (Å²) in [5.74, 6) is 3.90. The van der Waals surface area contributed by atoms with Crippen LogP contribution in [-0.4, -0.2) is 96.9 Å². The number of unbranched alkanes of at least 4 members (excludes halogenated alkanes) is 3. The number of benzene rings is 3. The van der Waals surface area contributed by atoms with Crippen LogP contribution in [0.5, 0.6) is 11.5 Å². The Balaban J connectivity index is 0.809. The molecular weight excluding hydrogens is 773 g/mol. The molecule has 0 spiro atoms. The molecule has 2 fully saturated rings. The van der Waals surface area contributed by atoms with Crippen LogP contribution < -0.4 is 30.3 Å². The highest BCUT2D eigenvalue weighted by Crippen LogP contribution is 2.34. The minimum Gasteiger partial charge on any atom is -0.493 e. The zero-order valence-electron chi connectivity index (χ0n) is 33.1. The molecule has 4 heterocycles. The van der Waals surface area contributed by atoms with Crippen LogP contribution in [0.25, 0.3) is 10.9 Å². The van der Waals surface area contributed by atoms with Crippen LogP contribution in [0.2, 0.25) is 10.0 Å². The van der Waals surface area contributed by atoms with Crippen molar-refractivity contribution in [2.45, 2.75) is 45.1 Å². The quantitative estimate of drug-likeness (QED) is 0.0784. The van der Waals surface area contributed by atoms with Crippen LogP contribution in [0, 0.1) is 5.92 Å². The molecular formula is C44H53Cl2N9O3. The van der Waals surface area contributed by atoms with Gasteiger partial charge in [-0.2, -0.15) is 0 Å². The van der Waals surface area contributed by atoms with Gasteiger partial charge in [-0.15, -0.1) is 0 Å². The Labute approximate surface area is 351 Å². The Morgan fingerprint density at radius 3 is 2.45 bits per heavy atom. The normalized spacial score (nSPS) is 15.3. The molecule has 0 unspecified atom stereocenters. The number of nitrogens with zero attached hydrogens (tertiary/aromatic N) is 6. The molecule has 3 N–H and O–H groups in total. The average molecular weight is 827 g/mol. The molecule has 2 amide bonds. The first-order valence-electron chi connectivity index (χ1n) is 20.3. The van der Waals surface area contributed by atoms with Crippen molar-refractivity contribution < 1.29 is 14.3 Å². The van der Waals surface area contributed by atoms with Gasteiger partial charge in [0, 0.05) is 67.6 Å².